The van der Waals surface area contributed by atoms with Crippen LogP contribution in [0.5, 0.6) is 0 Å². The standard InChI is InChI=1S/C19H22N2O2S/c22-19(18-2-1-11-24-18)21-10-7-17(23-13-15-3-4-15)16(21)12-14-5-8-20-9-6-14/h1-2,5-6,8-9,11,15-17H,3-4,7,10,12-13H2/t16-,17-/m1/s1. The number of likely N-dealkylation sites (tertiary alicyclic amines) is 1. The smallest absolute Gasteiger partial charge is 0.264 e. The number of thiophene rings is 1. The van der Waals surface area contributed by atoms with Gasteiger partial charge < -0.3 is 9.64 Å². The number of aromatic nitrogens is 1. The van der Waals surface area contributed by atoms with Crippen molar-refractivity contribution in [2.24, 2.45) is 5.92 Å². The first-order valence-electron chi connectivity index (χ1n) is 8.66. The number of carbonyl (C=O) groups is 1. The van der Waals surface area contributed by atoms with Crippen molar-refractivity contribution in [1.82, 2.24) is 9.88 Å². The Morgan fingerprint density at radius 2 is 2.08 bits per heavy atom. The minimum atomic E-state index is 0.112. The van der Waals surface area contributed by atoms with E-state index < -0.39 is 0 Å². The molecule has 2 aliphatic rings. The van der Waals surface area contributed by atoms with Crippen LogP contribution in [0.3, 0.4) is 0 Å². The van der Waals surface area contributed by atoms with E-state index in [4.69, 9.17) is 4.74 Å². The monoisotopic (exact) mass is 342 g/mol. The van der Waals surface area contributed by atoms with Crippen molar-refractivity contribution in [2.75, 3.05) is 13.2 Å². The summed E-state index contributed by atoms with van der Waals surface area (Å²) in [6, 6.07) is 8.02. The molecule has 2 aromatic rings. The van der Waals surface area contributed by atoms with E-state index in [9.17, 15) is 4.79 Å². The Kier molecular flexibility index (Phi) is 4.63. The fraction of sp³-hybridized carbons (Fsp3) is 0.474. The molecule has 4 rings (SSSR count). The van der Waals surface area contributed by atoms with Crippen molar-refractivity contribution in [2.45, 2.75) is 37.8 Å². The molecule has 24 heavy (non-hydrogen) atoms. The second-order valence-corrected chi connectivity index (χ2v) is 7.65. The first-order valence-corrected chi connectivity index (χ1v) is 9.54. The van der Waals surface area contributed by atoms with Crippen LogP contribution in [0.2, 0.25) is 0 Å². The van der Waals surface area contributed by atoms with Crippen LogP contribution in [-0.4, -0.2) is 41.1 Å². The lowest BCUT2D eigenvalue weighted by Gasteiger charge is -2.28. The van der Waals surface area contributed by atoms with E-state index in [1.165, 1.54) is 29.7 Å². The van der Waals surface area contributed by atoms with Crippen LogP contribution in [0.4, 0.5) is 0 Å². The summed E-state index contributed by atoms with van der Waals surface area (Å²) >= 11 is 1.51. The van der Waals surface area contributed by atoms with Gasteiger partial charge in [-0.05, 0) is 60.7 Å². The molecule has 1 aliphatic heterocycles. The Bertz CT molecular complexity index is 670. The molecule has 5 heteroatoms. The molecule has 2 fully saturated rings. The summed E-state index contributed by atoms with van der Waals surface area (Å²) in [6.45, 7) is 1.63. The Morgan fingerprint density at radius 1 is 1.25 bits per heavy atom. The molecule has 0 unspecified atom stereocenters. The molecule has 0 radical (unpaired) electrons. The second-order valence-electron chi connectivity index (χ2n) is 6.71. The molecule has 0 spiro atoms. The lowest BCUT2D eigenvalue weighted by molar-refractivity contribution is 0.0201. The maximum absolute atomic E-state index is 12.9. The molecule has 1 aliphatic carbocycles. The number of carbonyl (C=O) groups excluding carboxylic acids is 1. The Labute approximate surface area is 146 Å². The molecule has 1 saturated carbocycles. The van der Waals surface area contributed by atoms with E-state index in [1.54, 1.807) is 0 Å². The summed E-state index contributed by atoms with van der Waals surface area (Å²) in [6.07, 6.45) is 8.11. The van der Waals surface area contributed by atoms with Crippen LogP contribution in [0.1, 0.15) is 34.5 Å². The van der Waals surface area contributed by atoms with Gasteiger partial charge in [-0.15, -0.1) is 11.3 Å². The molecule has 0 aromatic carbocycles. The number of ether oxygens (including phenoxy) is 1. The molecule has 0 N–H and O–H groups in total. The van der Waals surface area contributed by atoms with Gasteiger partial charge in [0.05, 0.1) is 17.0 Å². The maximum Gasteiger partial charge on any atom is 0.264 e. The fourth-order valence-electron chi connectivity index (χ4n) is 3.36. The SMILES string of the molecule is O=C(c1cccs1)N1CC[C@@H](OCC2CC2)[C@H]1Cc1ccncc1. The van der Waals surface area contributed by atoms with E-state index in [2.05, 4.69) is 4.98 Å². The fourth-order valence-corrected chi connectivity index (χ4v) is 4.04. The quantitative estimate of drug-likeness (QED) is 0.808. The van der Waals surface area contributed by atoms with Crippen LogP contribution >= 0.6 is 11.3 Å². The summed E-state index contributed by atoms with van der Waals surface area (Å²) in [5, 5.41) is 1.96. The van der Waals surface area contributed by atoms with E-state index in [0.29, 0.717) is 0 Å². The Balaban J connectivity index is 1.51. The molecule has 1 saturated heterocycles. The van der Waals surface area contributed by atoms with Crippen molar-refractivity contribution in [3.8, 4) is 0 Å². The summed E-state index contributed by atoms with van der Waals surface area (Å²) in [5.74, 6) is 0.884. The molecule has 126 valence electrons. The van der Waals surface area contributed by atoms with Gasteiger partial charge in [0.1, 0.15) is 0 Å². The molecule has 0 bridgehead atoms. The minimum absolute atomic E-state index is 0.112. The zero-order valence-corrected chi connectivity index (χ0v) is 14.5. The summed E-state index contributed by atoms with van der Waals surface area (Å²) in [4.78, 5) is 19.8. The predicted molar refractivity (Wildman–Crippen MR) is 94.2 cm³/mol. The van der Waals surface area contributed by atoms with E-state index in [-0.39, 0.29) is 18.1 Å². The molecule has 3 heterocycles. The van der Waals surface area contributed by atoms with Gasteiger partial charge in [0.15, 0.2) is 0 Å². The number of rotatable bonds is 6. The van der Waals surface area contributed by atoms with Crippen molar-refractivity contribution >= 4 is 17.2 Å². The average Bonchev–Trinajstić information content (AvgIpc) is 3.12. The van der Waals surface area contributed by atoms with Crippen LogP contribution in [0.15, 0.2) is 42.0 Å². The third-order valence-corrected chi connectivity index (χ3v) is 5.77. The highest BCUT2D eigenvalue weighted by Gasteiger charge is 2.39. The predicted octanol–water partition coefficient (Wildman–Crippen LogP) is 3.40. The third-order valence-electron chi connectivity index (χ3n) is 4.91. The van der Waals surface area contributed by atoms with E-state index in [1.807, 2.05) is 46.9 Å². The van der Waals surface area contributed by atoms with Crippen LogP contribution in [0, 0.1) is 5.92 Å². The van der Waals surface area contributed by atoms with Crippen molar-refractivity contribution in [3.63, 3.8) is 0 Å². The number of nitrogens with zero attached hydrogens (tertiary/aromatic N) is 2. The molecule has 4 nitrogen and oxygen atoms in total. The number of pyridine rings is 1. The van der Waals surface area contributed by atoms with Gasteiger partial charge in [0.2, 0.25) is 0 Å². The third kappa shape index (κ3) is 3.52. The zero-order valence-electron chi connectivity index (χ0n) is 13.6. The van der Waals surface area contributed by atoms with Crippen molar-refractivity contribution in [1.29, 1.82) is 0 Å². The van der Waals surface area contributed by atoms with Gasteiger partial charge in [-0.25, -0.2) is 0 Å². The van der Waals surface area contributed by atoms with Gasteiger partial charge in [-0.2, -0.15) is 0 Å². The summed E-state index contributed by atoms with van der Waals surface area (Å²) in [5.41, 5.74) is 1.21. The number of hydrogen-bond donors (Lipinski definition) is 0. The van der Waals surface area contributed by atoms with Crippen molar-refractivity contribution < 1.29 is 9.53 Å². The van der Waals surface area contributed by atoms with E-state index in [0.717, 1.165) is 36.8 Å². The maximum atomic E-state index is 12.9. The summed E-state index contributed by atoms with van der Waals surface area (Å²) in [7, 11) is 0. The van der Waals surface area contributed by atoms with Gasteiger partial charge in [0, 0.05) is 25.5 Å². The Hall–Kier alpha value is -1.72. The highest BCUT2D eigenvalue weighted by Crippen LogP contribution is 2.32. The minimum Gasteiger partial charge on any atom is -0.376 e. The lowest BCUT2D eigenvalue weighted by Crippen LogP contribution is -2.41. The van der Waals surface area contributed by atoms with Gasteiger partial charge in [0.25, 0.3) is 5.91 Å². The van der Waals surface area contributed by atoms with Gasteiger partial charge >= 0.3 is 0 Å². The van der Waals surface area contributed by atoms with Crippen LogP contribution < -0.4 is 0 Å². The first kappa shape index (κ1) is 15.8. The molecular weight excluding hydrogens is 320 g/mol. The zero-order chi connectivity index (χ0) is 16.4. The topological polar surface area (TPSA) is 42.4 Å². The molecular formula is C19H22N2O2S. The first-order chi connectivity index (χ1) is 11.8. The lowest BCUT2D eigenvalue weighted by atomic mass is 10.0. The van der Waals surface area contributed by atoms with E-state index >= 15 is 0 Å². The van der Waals surface area contributed by atoms with Crippen molar-refractivity contribution in [3.05, 3.63) is 52.5 Å². The molecule has 1 amide bonds. The highest BCUT2D eigenvalue weighted by molar-refractivity contribution is 7.12. The average molecular weight is 342 g/mol. The summed E-state index contributed by atoms with van der Waals surface area (Å²) < 4.78 is 6.20. The number of amides is 1. The molecule has 2 aromatic heterocycles. The largest absolute Gasteiger partial charge is 0.376 e. The number of hydrogen-bond acceptors (Lipinski definition) is 4. The van der Waals surface area contributed by atoms with Crippen LogP contribution in [-0.2, 0) is 11.2 Å². The van der Waals surface area contributed by atoms with Crippen LogP contribution in [0.25, 0.3) is 0 Å². The highest BCUT2D eigenvalue weighted by atomic mass is 32.1. The normalized spacial score (nSPS) is 23.6. The van der Waals surface area contributed by atoms with Gasteiger partial charge in [-0.1, -0.05) is 6.07 Å². The Morgan fingerprint density at radius 3 is 2.79 bits per heavy atom. The second kappa shape index (κ2) is 7.03. The van der Waals surface area contributed by atoms with Gasteiger partial charge in [-0.3, -0.25) is 9.78 Å². The molecule has 2 atom stereocenters.